The van der Waals surface area contributed by atoms with Crippen molar-refractivity contribution in [2.45, 2.75) is 6.42 Å². The SMILES string of the molecule is c1cc2c(o1)Nc1cn[nH]c1C2. The molecular formula is C8H7N3O. The molecule has 0 saturated carbocycles. The summed E-state index contributed by atoms with van der Waals surface area (Å²) in [7, 11) is 0. The van der Waals surface area contributed by atoms with E-state index in [0.717, 1.165) is 23.7 Å². The number of anilines is 2. The lowest BCUT2D eigenvalue weighted by Gasteiger charge is -2.11. The van der Waals surface area contributed by atoms with Crippen LogP contribution >= 0.6 is 0 Å². The number of H-pyrrole nitrogens is 1. The van der Waals surface area contributed by atoms with Gasteiger partial charge in [0.25, 0.3) is 0 Å². The van der Waals surface area contributed by atoms with E-state index < -0.39 is 0 Å². The molecule has 2 N–H and O–H groups in total. The van der Waals surface area contributed by atoms with E-state index >= 15 is 0 Å². The van der Waals surface area contributed by atoms with Crippen LogP contribution in [0.3, 0.4) is 0 Å². The quantitative estimate of drug-likeness (QED) is 0.527. The number of aromatic amines is 1. The lowest BCUT2D eigenvalue weighted by Crippen LogP contribution is -2.02. The normalized spacial score (nSPS) is 13.3. The third-order valence-electron chi connectivity index (χ3n) is 2.08. The first-order valence-electron chi connectivity index (χ1n) is 3.79. The summed E-state index contributed by atoms with van der Waals surface area (Å²) in [5.41, 5.74) is 3.30. The third kappa shape index (κ3) is 0.637. The molecule has 2 aromatic rings. The molecule has 0 amide bonds. The van der Waals surface area contributed by atoms with Crippen molar-refractivity contribution in [2.75, 3.05) is 5.32 Å². The van der Waals surface area contributed by atoms with Gasteiger partial charge in [-0.3, -0.25) is 5.10 Å². The van der Waals surface area contributed by atoms with Crippen LogP contribution in [-0.2, 0) is 6.42 Å². The number of hydrogen-bond donors (Lipinski definition) is 2. The van der Waals surface area contributed by atoms with Crippen molar-refractivity contribution in [1.82, 2.24) is 10.2 Å². The first kappa shape index (κ1) is 5.88. The Bertz CT molecular complexity index is 342. The van der Waals surface area contributed by atoms with Crippen LogP contribution in [0.5, 0.6) is 0 Å². The molecule has 0 radical (unpaired) electrons. The van der Waals surface area contributed by atoms with Gasteiger partial charge in [0.15, 0.2) is 0 Å². The van der Waals surface area contributed by atoms with Gasteiger partial charge in [-0.05, 0) is 6.07 Å². The van der Waals surface area contributed by atoms with Crippen molar-refractivity contribution in [3.8, 4) is 0 Å². The van der Waals surface area contributed by atoms with Gasteiger partial charge in [0, 0.05) is 12.0 Å². The summed E-state index contributed by atoms with van der Waals surface area (Å²) in [6, 6.07) is 1.96. The minimum atomic E-state index is 0.837. The Balaban J connectivity index is 2.15. The van der Waals surface area contributed by atoms with Crippen LogP contribution in [0.25, 0.3) is 0 Å². The first-order valence-corrected chi connectivity index (χ1v) is 3.79. The van der Waals surface area contributed by atoms with Crippen LogP contribution in [0.4, 0.5) is 11.6 Å². The minimum Gasteiger partial charge on any atom is -0.448 e. The van der Waals surface area contributed by atoms with Crippen LogP contribution in [-0.4, -0.2) is 10.2 Å². The fourth-order valence-corrected chi connectivity index (χ4v) is 1.45. The van der Waals surface area contributed by atoms with Crippen molar-refractivity contribution in [3.05, 3.63) is 29.8 Å². The van der Waals surface area contributed by atoms with Crippen LogP contribution in [0.1, 0.15) is 11.3 Å². The molecule has 3 rings (SSSR count). The molecule has 0 bridgehead atoms. The summed E-state index contributed by atoms with van der Waals surface area (Å²) < 4.78 is 5.23. The van der Waals surface area contributed by atoms with E-state index in [1.165, 1.54) is 5.56 Å². The maximum absolute atomic E-state index is 5.23. The molecule has 0 saturated heterocycles. The van der Waals surface area contributed by atoms with Crippen LogP contribution in [0.15, 0.2) is 22.9 Å². The van der Waals surface area contributed by atoms with Crippen molar-refractivity contribution in [3.63, 3.8) is 0 Å². The van der Waals surface area contributed by atoms with Gasteiger partial charge < -0.3 is 9.73 Å². The summed E-state index contributed by atoms with van der Waals surface area (Å²) >= 11 is 0. The number of nitrogens with zero attached hydrogens (tertiary/aromatic N) is 1. The van der Waals surface area contributed by atoms with E-state index in [1.807, 2.05) is 6.07 Å². The van der Waals surface area contributed by atoms with Gasteiger partial charge in [-0.1, -0.05) is 0 Å². The minimum absolute atomic E-state index is 0.837. The van der Waals surface area contributed by atoms with E-state index in [4.69, 9.17) is 4.42 Å². The van der Waals surface area contributed by atoms with Crippen LogP contribution in [0.2, 0.25) is 0 Å². The standard InChI is InChI=1S/C8H7N3O/c1-2-12-8-5(1)3-6-7(10-8)4-9-11-6/h1-2,4,10H,3H2,(H,9,11). The van der Waals surface area contributed by atoms with E-state index in [9.17, 15) is 0 Å². The molecular weight excluding hydrogens is 154 g/mol. The molecule has 0 fully saturated rings. The molecule has 4 heteroatoms. The smallest absolute Gasteiger partial charge is 0.200 e. The van der Waals surface area contributed by atoms with Gasteiger partial charge in [0.1, 0.15) is 0 Å². The highest BCUT2D eigenvalue weighted by Crippen LogP contribution is 2.31. The van der Waals surface area contributed by atoms with Crippen molar-refractivity contribution >= 4 is 11.6 Å². The zero-order valence-electron chi connectivity index (χ0n) is 6.29. The lowest BCUT2D eigenvalue weighted by atomic mass is 10.1. The van der Waals surface area contributed by atoms with Crippen molar-refractivity contribution < 1.29 is 4.42 Å². The van der Waals surface area contributed by atoms with E-state index in [2.05, 4.69) is 15.5 Å². The molecule has 0 aromatic carbocycles. The highest BCUT2D eigenvalue weighted by atomic mass is 16.3. The van der Waals surface area contributed by atoms with Gasteiger partial charge in [-0.2, -0.15) is 5.10 Å². The molecule has 2 aromatic heterocycles. The molecule has 1 aliphatic heterocycles. The molecule has 0 spiro atoms. The summed E-state index contributed by atoms with van der Waals surface area (Å²) in [6.07, 6.45) is 4.33. The van der Waals surface area contributed by atoms with Crippen molar-refractivity contribution in [2.24, 2.45) is 0 Å². The topological polar surface area (TPSA) is 53.9 Å². The first-order chi connectivity index (χ1) is 5.93. The second-order valence-corrected chi connectivity index (χ2v) is 2.84. The predicted octanol–water partition coefficient (Wildman–Crippen LogP) is 1.65. The molecule has 3 heterocycles. The number of aromatic nitrogens is 2. The summed E-state index contributed by atoms with van der Waals surface area (Å²) in [5, 5.41) is 10.0. The number of furan rings is 1. The van der Waals surface area contributed by atoms with Crippen molar-refractivity contribution in [1.29, 1.82) is 0 Å². The Morgan fingerprint density at radius 2 is 2.50 bits per heavy atom. The Hall–Kier alpha value is -1.71. The zero-order chi connectivity index (χ0) is 7.97. The zero-order valence-corrected chi connectivity index (χ0v) is 6.29. The van der Waals surface area contributed by atoms with Gasteiger partial charge in [0.05, 0.1) is 23.8 Å². The lowest BCUT2D eigenvalue weighted by molar-refractivity contribution is 0.581. The average Bonchev–Trinajstić information content (AvgIpc) is 2.64. The number of nitrogens with one attached hydrogen (secondary N) is 2. The second kappa shape index (κ2) is 1.91. The molecule has 0 unspecified atom stereocenters. The summed E-state index contributed by atoms with van der Waals surface area (Å²) in [4.78, 5) is 0. The fraction of sp³-hybridized carbons (Fsp3) is 0.125. The molecule has 60 valence electrons. The molecule has 1 aliphatic rings. The highest BCUT2D eigenvalue weighted by Gasteiger charge is 2.17. The monoisotopic (exact) mass is 161 g/mol. The Morgan fingerprint density at radius 1 is 1.50 bits per heavy atom. The number of rotatable bonds is 0. The summed E-state index contributed by atoms with van der Waals surface area (Å²) in [6.45, 7) is 0. The second-order valence-electron chi connectivity index (χ2n) is 2.84. The Kier molecular flexibility index (Phi) is 0.935. The largest absolute Gasteiger partial charge is 0.448 e. The Morgan fingerprint density at radius 3 is 3.50 bits per heavy atom. The van der Waals surface area contributed by atoms with Gasteiger partial charge >= 0.3 is 0 Å². The molecule has 4 nitrogen and oxygen atoms in total. The van der Waals surface area contributed by atoms with Gasteiger partial charge in [-0.25, -0.2) is 0 Å². The molecule has 0 atom stereocenters. The predicted molar refractivity (Wildman–Crippen MR) is 43.4 cm³/mol. The molecule has 12 heavy (non-hydrogen) atoms. The highest BCUT2D eigenvalue weighted by molar-refractivity contribution is 5.65. The van der Waals surface area contributed by atoms with Crippen LogP contribution < -0.4 is 5.32 Å². The third-order valence-corrected chi connectivity index (χ3v) is 2.08. The van der Waals surface area contributed by atoms with E-state index in [-0.39, 0.29) is 0 Å². The van der Waals surface area contributed by atoms with E-state index in [0.29, 0.717) is 0 Å². The average molecular weight is 161 g/mol. The molecule has 0 aliphatic carbocycles. The Labute approximate surface area is 68.6 Å². The number of hydrogen-bond acceptors (Lipinski definition) is 3. The number of fused-ring (bicyclic) bond motifs is 2. The van der Waals surface area contributed by atoms with Gasteiger partial charge in [-0.15, -0.1) is 0 Å². The van der Waals surface area contributed by atoms with Gasteiger partial charge in [0.2, 0.25) is 5.88 Å². The summed E-state index contributed by atoms with van der Waals surface area (Å²) in [5.74, 6) is 0.837. The maximum atomic E-state index is 5.23. The van der Waals surface area contributed by atoms with Crippen LogP contribution in [0, 0.1) is 0 Å². The maximum Gasteiger partial charge on any atom is 0.200 e. The van der Waals surface area contributed by atoms with E-state index in [1.54, 1.807) is 12.5 Å². The fourth-order valence-electron chi connectivity index (χ4n) is 1.45.